The summed E-state index contributed by atoms with van der Waals surface area (Å²) in [4.78, 5) is 11.5. The van der Waals surface area contributed by atoms with E-state index in [0.29, 0.717) is 13.0 Å². The van der Waals surface area contributed by atoms with Crippen LogP contribution in [0.2, 0.25) is 0 Å². The van der Waals surface area contributed by atoms with Gasteiger partial charge in [0, 0.05) is 24.6 Å². The van der Waals surface area contributed by atoms with Crippen LogP contribution in [0.1, 0.15) is 19.8 Å². The smallest absolute Gasteiger partial charge is 0.225 e. The second-order valence-corrected chi connectivity index (χ2v) is 4.86. The molecule has 2 rings (SSSR count). The standard InChI is InChI=1S/C14H20N2O3.ClH/c1-10(15)8-14(17)16-11-2-4-12(5-3-11)19-13-6-7-18-9-13;/h2-5,10,13H,6-9,15H2,1H3,(H,16,17);1H. The quantitative estimate of drug-likeness (QED) is 0.872. The number of rotatable bonds is 5. The van der Waals surface area contributed by atoms with E-state index in [1.807, 2.05) is 24.3 Å². The Kier molecular flexibility index (Phi) is 6.78. The highest BCUT2D eigenvalue weighted by Gasteiger charge is 2.16. The summed E-state index contributed by atoms with van der Waals surface area (Å²) in [6.45, 7) is 3.21. The molecule has 1 aromatic rings. The Morgan fingerprint density at radius 3 is 2.75 bits per heavy atom. The summed E-state index contributed by atoms with van der Waals surface area (Å²) in [5.41, 5.74) is 6.32. The lowest BCUT2D eigenvalue weighted by atomic mass is 10.2. The van der Waals surface area contributed by atoms with Gasteiger partial charge in [-0.15, -0.1) is 12.4 Å². The number of ether oxygens (including phenoxy) is 2. The lowest BCUT2D eigenvalue weighted by molar-refractivity contribution is -0.116. The largest absolute Gasteiger partial charge is 0.488 e. The Morgan fingerprint density at radius 1 is 1.50 bits per heavy atom. The normalized spacial score (nSPS) is 19.0. The molecular formula is C14H21ClN2O3. The molecule has 1 heterocycles. The Bertz CT molecular complexity index is 417. The molecule has 112 valence electrons. The number of carbonyl (C=O) groups is 1. The van der Waals surface area contributed by atoms with E-state index < -0.39 is 0 Å². The molecule has 3 N–H and O–H groups in total. The SMILES string of the molecule is CC(N)CC(=O)Nc1ccc(OC2CCOC2)cc1.Cl. The number of hydrogen-bond donors (Lipinski definition) is 2. The third kappa shape index (κ3) is 5.36. The maximum Gasteiger partial charge on any atom is 0.225 e. The van der Waals surface area contributed by atoms with Gasteiger partial charge in [-0.1, -0.05) is 0 Å². The fraction of sp³-hybridized carbons (Fsp3) is 0.500. The van der Waals surface area contributed by atoms with E-state index in [1.165, 1.54) is 0 Å². The van der Waals surface area contributed by atoms with E-state index in [2.05, 4.69) is 5.32 Å². The Balaban J connectivity index is 0.00000200. The molecule has 2 atom stereocenters. The van der Waals surface area contributed by atoms with Crippen LogP contribution >= 0.6 is 12.4 Å². The molecule has 0 bridgehead atoms. The molecule has 1 aromatic carbocycles. The first-order valence-corrected chi connectivity index (χ1v) is 6.53. The summed E-state index contributed by atoms with van der Waals surface area (Å²) in [6, 6.07) is 7.21. The first-order valence-electron chi connectivity index (χ1n) is 6.53. The summed E-state index contributed by atoms with van der Waals surface area (Å²) >= 11 is 0. The molecule has 1 amide bonds. The second kappa shape index (κ2) is 8.09. The van der Waals surface area contributed by atoms with Gasteiger partial charge in [-0.05, 0) is 31.2 Å². The minimum atomic E-state index is -0.134. The van der Waals surface area contributed by atoms with Crippen molar-refractivity contribution in [3.63, 3.8) is 0 Å². The van der Waals surface area contributed by atoms with Crippen LogP contribution in [0.15, 0.2) is 24.3 Å². The van der Waals surface area contributed by atoms with Crippen LogP contribution < -0.4 is 15.8 Å². The number of nitrogens with one attached hydrogen (secondary N) is 1. The van der Waals surface area contributed by atoms with Gasteiger partial charge < -0.3 is 20.5 Å². The molecule has 1 aliphatic rings. The fourth-order valence-corrected chi connectivity index (χ4v) is 1.92. The number of nitrogens with two attached hydrogens (primary N) is 1. The predicted molar refractivity (Wildman–Crippen MR) is 80.4 cm³/mol. The lowest BCUT2D eigenvalue weighted by Gasteiger charge is -2.12. The fourth-order valence-electron chi connectivity index (χ4n) is 1.92. The molecule has 0 radical (unpaired) electrons. The van der Waals surface area contributed by atoms with Crippen molar-refractivity contribution in [2.24, 2.45) is 5.73 Å². The average molecular weight is 301 g/mol. The van der Waals surface area contributed by atoms with Crippen molar-refractivity contribution in [2.45, 2.75) is 31.9 Å². The molecule has 0 aromatic heterocycles. The molecule has 2 unspecified atom stereocenters. The van der Waals surface area contributed by atoms with E-state index >= 15 is 0 Å². The van der Waals surface area contributed by atoms with Gasteiger partial charge in [0.1, 0.15) is 11.9 Å². The van der Waals surface area contributed by atoms with Gasteiger partial charge in [-0.2, -0.15) is 0 Å². The molecule has 0 spiro atoms. The van der Waals surface area contributed by atoms with E-state index in [-0.39, 0.29) is 30.5 Å². The van der Waals surface area contributed by atoms with Gasteiger partial charge in [-0.25, -0.2) is 0 Å². The van der Waals surface area contributed by atoms with Gasteiger partial charge in [0.2, 0.25) is 5.91 Å². The molecular weight excluding hydrogens is 280 g/mol. The molecule has 0 aliphatic carbocycles. The molecule has 1 saturated heterocycles. The van der Waals surface area contributed by atoms with Gasteiger partial charge in [0.25, 0.3) is 0 Å². The Hall–Kier alpha value is -1.30. The van der Waals surface area contributed by atoms with Crippen LogP contribution in [0.25, 0.3) is 0 Å². The van der Waals surface area contributed by atoms with Crippen LogP contribution in [-0.4, -0.2) is 31.3 Å². The first kappa shape index (κ1) is 16.8. The maximum absolute atomic E-state index is 11.5. The summed E-state index contributed by atoms with van der Waals surface area (Å²) in [5, 5.41) is 2.79. The highest BCUT2D eigenvalue weighted by Crippen LogP contribution is 2.19. The number of halogens is 1. The van der Waals surface area contributed by atoms with Gasteiger partial charge >= 0.3 is 0 Å². The zero-order valence-corrected chi connectivity index (χ0v) is 12.3. The Labute approximate surface area is 125 Å². The summed E-state index contributed by atoms with van der Waals surface area (Å²) in [5.74, 6) is 0.716. The second-order valence-electron chi connectivity index (χ2n) is 4.86. The van der Waals surface area contributed by atoms with Crippen LogP contribution in [0, 0.1) is 0 Å². The van der Waals surface area contributed by atoms with Crippen LogP contribution in [0.3, 0.4) is 0 Å². The number of benzene rings is 1. The third-order valence-corrected chi connectivity index (χ3v) is 2.84. The van der Waals surface area contributed by atoms with Crippen molar-refractivity contribution in [1.82, 2.24) is 0 Å². The average Bonchev–Trinajstić information content (AvgIpc) is 2.83. The van der Waals surface area contributed by atoms with Crippen molar-refractivity contribution in [3.05, 3.63) is 24.3 Å². The number of carbonyl (C=O) groups excluding carboxylic acids is 1. The molecule has 20 heavy (non-hydrogen) atoms. The molecule has 6 heteroatoms. The molecule has 0 saturated carbocycles. The van der Waals surface area contributed by atoms with E-state index in [1.54, 1.807) is 6.92 Å². The number of hydrogen-bond acceptors (Lipinski definition) is 4. The van der Waals surface area contributed by atoms with Crippen molar-refractivity contribution in [2.75, 3.05) is 18.5 Å². The van der Waals surface area contributed by atoms with Gasteiger partial charge in [0.05, 0.1) is 13.2 Å². The molecule has 1 fully saturated rings. The topological polar surface area (TPSA) is 73.6 Å². The summed E-state index contributed by atoms with van der Waals surface area (Å²) in [6.07, 6.45) is 1.38. The van der Waals surface area contributed by atoms with Crippen molar-refractivity contribution in [1.29, 1.82) is 0 Å². The maximum atomic E-state index is 11.5. The van der Waals surface area contributed by atoms with Gasteiger partial charge in [0.15, 0.2) is 0 Å². The summed E-state index contributed by atoms with van der Waals surface area (Å²) in [7, 11) is 0. The zero-order chi connectivity index (χ0) is 13.7. The molecule has 5 nitrogen and oxygen atoms in total. The minimum absolute atomic E-state index is 0. The van der Waals surface area contributed by atoms with E-state index in [9.17, 15) is 4.79 Å². The lowest BCUT2D eigenvalue weighted by Crippen LogP contribution is -2.23. The third-order valence-electron chi connectivity index (χ3n) is 2.84. The van der Waals surface area contributed by atoms with Gasteiger partial charge in [-0.3, -0.25) is 4.79 Å². The van der Waals surface area contributed by atoms with Crippen molar-refractivity contribution < 1.29 is 14.3 Å². The number of anilines is 1. The first-order chi connectivity index (χ1) is 9.13. The molecule has 1 aliphatic heterocycles. The Morgan fingerprint density at radius 2 is 2.20 bits per heavy atom. The zero-order valence-electron chi connectivity index (χ0n) is 11.5. The van der Waals surface area contributed by atoms with Crippen molar-refractivity contribution >= 4 is 24.0 Å². The van der Waals surface area contributed by atoms with E-state index in [4.69, 9.17) is 15.2 Å². The minimum Gasteiger partial charge on any atom is -0.488 e. The van der Waals surface area contributed by atoms with E-state index in [0.717, 1.165) is 24.5 Å². The number of amides is 1. The highest BCUT2D eigenvalue weighted by molar-refractivity contribution is 5.91. The highest BCUT2D eigenvalue weighted by atomic mass is 35.5. The monoisotopic (exact) mass is 300 g/mol. The summed E-state index contributed by atoms with van der Waals surface area (Å²) < 4.78 is 11.0. The predicted octanol–water partition coefficient (Wildman–Crippen LogP) is 1.95. The van der Waals surface area contributed by atoms with Crippen LogP contribution in [0.5, 0.6) is 5.75 Å². The van der Waals surface area contributed by atoms with Crippen LogP contribution in [-0.2, 0) is 9.53 Å². The van der Waals surface area contributed by atoms with Crippen LogP contribution in [0.4, 0.5) is 5.69 Å². The van der Waals surface area contributed by atoms with Crippen molar-refractivity contribution in [3.8, 4) is 5.75 Å².